The number of aryl methyl sites for hydroxylation is 1. The second-order valence-electron chi connectivity index (χ2n) is 2.14. The van der Waals surface area contributed by atoms with Crippen LogP contribution in [0, 0.1) is 0 Å². The summed E-state index contributed by atoms with van der Waals surface area (Å²) in [5.74, 6) is 0. The molecule has 60 valence electrons. The summed E-state index contributed by atoms with van der Waals surface area (Å²) >= 11 is 0.137. The molecule has 1 aromatic heterocycles. The van der Waals surface area contributed by atoms with Crippen molar-refractivity contribution in [3.8, 4) is 0 Å². The number of nitrogens with two attached hydrogens (primary N) is 1. The summed E-state index contributed by atoms with van der Waals surface area (Å²) in [6, 6.07) is 0. The first-order chi connectivity index (χ1) is 5.29. The topological polar surface area (TPSA) is 38.9 Å². The van der Waals surface area contributed by atoms with Crippen LogP contribution in [0.2, 0.25) is 0 Å². The number of anilines is 1. The molecule has 0 unspecified atom stereocenters. The predicted molar refractivity (Wildman–Crippen MR) is 45.0 cm³/mol. The Morgan fingerprint density at radius 2 is 2.36 bits per heavy atom. The smallest absolute Gasteiger partial charge is 0.0850 e. The van der Waals surface area contributed by atoms with Crippen LogP contribution in [0.1, 0.15) is 12.5 Å². The van der Waals surface area contributed by atoms with Gasteiger partial charge in [0.25, 0.3) is 0 Å². The quantitative estimate of drug-likeness (QED) is 0.743. The van der Waals surface area contributed by atoms with E-state index in [0.717, 1.165) is 12.0 Å². The summed E-state index contributed by atoms with van der Waals surface area (Å²) in [7, 11) is 0. The number of hydrogen-bond acceptors (Lipinski definition) is 3. The van der Waals surface area contributed by atoms with Crippen molar-refractivity contribution in [1.82, 2.24) is 4.98 Å². The maximum absolute atomic E-state index is 12.1. The standard InChI is InChI=1S/C7H9FN2S/c1-2-5-3-10-4-6(11-8)7(5)9/h3-4H,2H2,1H3,(H2,9,10). The zero-order valence-electron chi connectivity index (χ0n) is 6.17. The van der Waals surface area contributed by atoms with Gasteiger partial charge >= 0.3 is 0 Å². The van der Waals surface area contributed by atoms with Gasteiger partial charge in [0.1, 0.15) is 0 Å². The van der Waals surface area contributed by atoms with Gasteiger partial charge in [-0.15, -0.1) is 0 Å². The Hall–Kier alpha value is -0.770. The van der Waals surface area contributed by atoms with Crippen LogP contribution in [0.15, 0.2) is 17.3 Å². The maximum Gasteiger partial charge on any atom is 0.0850 e. The molecular formula is C7H9FN2S. The average Bonchev–Trinajstić information content (AvgIpc) is 2.05. The third-order valence-corrected chi connectivity index (χ3v) is 1.99. The summed E-state index contributed by atoms with van der Waals surface area (Å²) < 4.78 is 12.1. The molecule has 11 heavy (non-hydrogen) atoms. The Bertz CT molecular complexity index is 230. The van der Waals surface area contributed by atoms with Crippen LogP contribution in [-0.4, -0.2) is 4.98 Å². The Labute approximate surface area is 69.3 Å². The summed E-state index contributed by atoms with van der Waals surface area (Å²) in [4.78, 5) is 4.25. The van der Waals surface area contributed by atoms with Gasteiger partial charge in [0, 0.05) is 12.4 Å². The lowest BCUT2D eigenvalue weighted by Gasteiger charge is -2.03. The van der Waals surface area contributed by atoms with Crippen LogP contribution in [0.25, 0.3) is 0 Å². The molecule has 1 rings (SSSR count). The molecule has 0 aliphatic heterocycles. The molecule has 0 amide bonds. The third kappa shape index (κ3) is 1.63. The van der Waals surface area contributed by atoms with Crippen LogP contribution in [0.3, 0.4) is 0 Å². The minimum Gasteiger partial charge on any atom is -0.397 e. The molecule has 2 N–H and O–H groups in total. The molecular weight excluding hydrogens is 163 g/mol. The van der Waals surface area contributed by atoms with Crippen molar-refractivity contribution in [2.75, 3.05) is 5.73 Å². The fraction of sp³-hybridized carbons (Fsp3) is 0.286. The third-order valence-electron chi connectivity index (χ3n) is 1.50. The first-order valence-electron chi connectivity index (χ1n) is 3.30. The molecule has 2 nitrogen and oxygen atoms in total. The van der Waals surface area contributed by atoms with E-state index in [1.807, 2.05) is 6.92 Å². The highest BCUT2D eigenvalue weighted by atomic mass is 32.2. The number of rotatable bonds is 2. The molecule has 4 heteroatoms. The highest BCUT2D eigenvalue weighted by Gasteiger charge is 2.03. The van der Waals surface area contributed by atoms with Gasteiger partial charge in [-0.3, -0.25) is 4.98 Å². The van der Waals surface area contributed by atoms with Gasteiger partial charge in [0.05, 0.1) is 22.7 Å². The van der Waals surface area contributed by atoms with Crippen molar-refractivity contribution in [1.29, 1.82) is 0 Å². The van der Waals surface area contributed by atoms with Gasteiger partial charge in [0.15, 0.2) is 0 Å². The van der Waals surface area contributed by atoms with E-state index in [9.17, 15) is 3.89 Å². The minimum atomic E-state index is 0.137. The van der Waals surface area contributed by atoms with Crippen molar-refractivity contribution in [2.45, 2.75) is 18.2 Å². The lowest BCUT2D eigenvalue weighted by molar-refractivity contribution is 0.930. The summed E-state index contributed by atoms with van der Waals surface area (Å²) in [6.45, 7) is 1.96. The van der Waals surface area contributed by atoms with E-state index < -0.39 is 0 Å². The number of hydrogen-bond donors (Lipinski definition) is 1. The van der Waals surface area contributed by atoms with Crippen LogP contribution in [0.4, 0.5) is 9.57 Å². The first kappa shape index (κ1) is 8.33. The van der Waals surface area contributed by atoms with Crippen LogP contribution in [0.5, 0.6) is 0 Å². The Balaban J connectivity index is 3.10. The van der Waals surface area contributed by atoms with Crippen LogP contribution in [-0.2, 0) is 6.42 Å². The molecule has 0 fully saturated rings. The number of nitrogen functional groups attached to an aromatic ring is 1. The maximum atomic E-state index is 12.1. The first-order valence-corrected chi connectivity index (χ1v) is 4.02. The molecule has 0 aliphatic carbocycles. The molecule has 0 spiro atoms. The van der Waals surface area contributed by atoms with E-state index >= 15 is 0 Å². The van der Waals surface area contributed by atoms with Gasteiger partial charge < -0.3 is 5.73 Å². The highest BCUT2D eigenvalue weighted by Crippen LogP contribution is 2.27. The summed E-state index contributed by atoms with van der Waals surface area (Å²) in [5.41, 5.74) is 7.01. The molecule has 0 bridgehead atoms. The fourth-order valence-electron chi connectivity index (χ4n) is 0.835. The molecule has 0 aromatic carbocycles. The number of aromatic nitrogens is 1. The normalized spacial score (nSPS) is 10.0. The summed E-state index contributed by atoms with van der Waals surface area (Å²) in [6.07, 6.45) is 3.88. The van der Waals surface area contributed by atoms with Gasteiger partial charge in [-0.25, -0.2) is 0 Å². The second kappa shape index (κ2) is 3.57. The monoisotopic (exact) mass is 172 g/mol. The molecule has 0 saturated heterocycles. The van der Waals surface area contributed by atoms with E-state index in [4.69, 9.17) is 5.73 Å². The molecule has 0 saturated carbocycles. The van der Waals surface area contributed by atoms with Gasteiger partial charge in [-0.05, 0) is 12.0 Å². The van der Waals surface area contributed by atoms with Crippen molar-refractivity contribution in [3.05, 3.63) is 18.0 Å². The van der Waals surface area contributed by atoms with Gasteiger partial charge in [-0.2, -0.15) is 3.89 Å². The van der Waals surface area contributed by atoms with E-state index in [1.165, 1.54) is 6.20 Å². The largest absolute Gasteiger partial charge is 0.397 e. The van der Waals surface area contributed by atoms with Crippen LogP contribution >= 0.6 is 12.1 Å². The Kier molecular flexibility index (Phi) is 2.70. The van der Waals surface area contributed by atoms with Crippen molar-refractivity contribution in [3.63, 3.8) is 0 Å². The average molecular weight is 172 g/mol. The molecule has 0 radical (unpaired) electrons. The van der Waals surface area contributed by atoms with E-state index in [2.05, 4.69) is 4.98 Å². The zero-order chi connectivity index (χ0) is 8.27. The molecule has 0 aliphatic rings. The van der Waals surface area contributed by atoms with E-state index in [0.29, 0.717) is 10.6 Å². The molecule has 1 heterocycles. The number of nitrogens with zero attached hydrogens (tertiary/aromatic N) is 1. The summed E-state index contributed by atoms with van der Waals surface area (Å²) in [5, 5.41) is 0. The second-order valence-corrected chi connectivity index (χ2v) is 2.74. The highest BCUT2D eigenvalue weighted by molar-refractivity contribution is 7.94. The lowest BCUT2D eigenvalue weighted by Crippen LogP contribution is -1.95. The van der Waals surface area contributed by atoms with Crippen molar-refractivity contribution >= 4 is 17.8 Å². The Morgan fingerprint density at radius 3 is 2.91 bits per heavy atom. The van der Waals surface area contributed by atoms with Crippen LogP contribution < -0.4 is 5.73 Å². The predicted octanol–water partition coefficient (Wildman–Crippen LogP) is 2.20. The molecule has 1 aromatic rings. The zero-order valence-corrected chi connectivity index (χ0v) is 6.99. The number of halogens is 1. The lowest BCUT2D eigenvalue weighted by atomic mass is 10.2. The van der Waals surface area contributed by atoms with Gasteiger partial charge in [-0.1, -0.05) is 6.92 Å². The number of pyridine rings is 1. The van der Waals surface area contributed by atoms with E-state index in [1.54, 1.807) is 6.20 Å². The Morgan fingerprint density at radius 1 is 1.64 bits per heavy atom. The van der Waals surface area contributed by atoms with E-state index in [-0.39, 0.29) is 12.1 Å². The minimum absolute atomic E-state index is 0.137. The van der Waals surface area contributed by atoms with Crippen molar-refractivity contribution < 1.29 is 3.89 Å². The van der Waals surface area contributed by atoms with Crippen molar-refractivity contribution in [2.24, 2.45) is 0 Å². The SMILES string of the molecule is CCc1cncc(SF)c1N. The van der Waals surface area contributed by atoms with Gasteiger partial charge in [0.2, 0.25) is 0 Å². The fourth-order valence-corrected chi connectivity index (χ4v) is 1.15. The molecule has 0 atom stereocenters.